The van der Waals surface area contributed by atoms with E-state index in [9.17, 15) is 4.79 Å². The summed E-state index contributed by atoms with van der Waals surface area (Å²) in [5.41, 5.74) is 1.24. The van der Waals surface area contributed by atoms with Crippen molar-refractivity contribution < 1.29 is 4.79 Å². The molecule has 1 fully saturated rings. The largest absolute Gasteiger partial charge is 0.368 e. The molecular weight excluding hydrogens is 226 g/mol. The number of carbonyl (C=O) groups excluding carboxylic acids is 1. The van der Waals surface area contributed by atoms with Crippen LogP contribution in [0, 0.1) is 0 Å². The van der Waals surface area contributed by atoms with Crippen LogP contribution >= 0.6 is 0 Å². The highest BCUT2D eigenvalue weighted by molar-refractivity contribution is 5.76. The minimum absolute atomic E-state index is 0.289. The Hall–Kier alpha value is -1.58. The van der Waals surface area contributed by atoms with E-state index in [-0.39, 0.29) is 5.91 Å². The summed E-state index contributed by atoms with van der Waals surface area (Å²) in [5, 5.41) is 3.26. The van der Waals surface area contributed by atoms with Gasteiger partial charge in [-0.3, -0.25) is 4.79 Å². The van der Waals surface area contributed by atoms with E-state index in [1.807, 2.05) is 17.2 Å². The topological polar surface area (TPSA) is 45.2 Å². The molecule has 2 rings (SSSR count). The quantitative estimate of drug-likeness (QED) is 0.866. The molecule has 1 aromatic rings. The number of hydrogen-bond donors (Lipinski definition) is 1. The molecule has 0 unspecified atom stereocenters. The van der Waals surface area contributed by atoms with E-state index in [0.29, 0.717) is 6.42 Å². The van der Waals surface area contributed by atoms with Crippen LogP contribution in [0.2, 0.25) is 0 Å². The first-order valence-corrected chi connectivity index (χ1v) is 6.76. The standard InChI is InChI=1S/C14H21N3O/c1-2-12-6-7-13(16-11-12)15-8-10-17-9-4-3-5-14(17)18/h6-7,11H,2-5,8-10H2,1H3,(H,15,16). The minimum atomic E-state index is 0.289. The van der Waals surface area contributed by atoms with E-state index >= 15 is 0 Å². The molecule has 98 valence electrons. The number of rotatable bonds is 5. The smallest absolute Gasteiger partial charge is 0.222 e. The first-order valence-electron chi connectivity index (χ1n) is 6.76. The van der Waals surface area contributed by atoms with E-state index in [2.05, 4.69) is 23.3 Å². The summed E-state index contributed by atoms with van der Waals surface area (Å²) in [6.07, 6.45) is 5.80. The molecule has 0 aliphatic carbocycles. The van der Waals surface area contributed by atoms with E-state index in [1.165, 1.54) is 5.56 Å². The number of amides is 1. The van der Waals surface area contributed by atoms with E-state index in [0.717, 1.165) is 44.7 Å². The molecule has 4 nitrogen and oxygen atoms in total. The molecule has 0 radical (unpaired) electrons. The molecule has 1 aromatic heterocycles. The van der Waals surface area contributed by atoms with E-state index in [4.69, 9.17) is 0 Å². The van der Waals surface area contributed by atoms with Crippen LogP contribution in [-0.4, -0.2) is 35.4 Å². The van der Waals surface area contributed by atoms with E-state index < -0.39 is 0 Å². The van der Waals surface area contributed by atoms with Crippen molar-refractivity contribution in [3.8, 4) is 0 Å². The lowest BCUT2D eigenvalue weighted by Crippen LogP contribution is -2.38. The summed E-state index contributed by atoms with van der Waals surface area (Å²) in [6, 6.07) is 4.08. The second-order valence-corrected chi connectivity index (χ2v) is 4.67. The van der Waals surface area contributed by atoms with Gasteiger partial charge in [0.2, 0.25) is 5.91 Å². The molecule has 1 amide bonds. The Morgan fingerprint density at radius 3 is 2.94 bits per heavy atom. The van der Waals surface area contributed by atoms with Crippen LogP contribution in [0.3, 0.4) is 0 Å². The van der Waals surface area contributed by atoms with Gasteiger partial charge in [0.15, 0.2) is 0 Å². The molecule has 1 aliphatic heterocycles. The van der Waals surface area contributed by atoms with Crippen LogP contribution in [0.25, 0.3) is 0 Å². The summed E-state index contributed by atoms with van der Waals surface area (Å²) < 4.78 is 0. The minimum Gasteiger partial charge on any atom is -0.368 e. The van der Waals surface area contributed by atoms with Gasteiger partial charge in [-0.2, -0.15) is 0 Å². The summed E-state index contributed by atoms with van der Waals surface area (Å²) in [5.74, 6) is 1.17. The van der Waals surface area contributed by atoms with Gasteiger partial charge in [0.1, 0.15) is 5.82 Å². The molecule has 18 heavy (non-hydrogen) atoms. The van der Waals surface area contributed by atoms with Gasteiger partial charge in [0.25, 0.3) is 0 Å². The molecular formula is C14H21N3O. The van der Waals surface area contributed by atoms with Gasteiger partial charge in [-0.15, -0.1) is 0 Å². The number of aryl methyl sites for hydroxylation is 1. The second-order valence-electron chi connectivity index (χ2n) is 4.67. The molecule has 0 saturated carbocycles. The SMILES string of the molecule is CCc1ccc(NCCN2CCCCC2=O)nc1. The molecule has 4 heteroatoms. The number of nitrogens with zero attached hydrogens (tertiary/aromatic N) is 2. The molecule has 0 bridgehead atoms. The third kappa shape index (κ3) is 3.45. The fourth-order valence-electron chi connectivity index (χ4n) is 2.16. The molecule has 1 N–H and O–H groups in total. The fourth-order valence-corrected chi connectivity index (χ4v) is 2.16. The first-order chi connectivity index (χ1) is 8.79. The van der Waals surface area contributed by atoms with Gasteiger partial charge in [-0.05, 0) is 30.9 Å². The van der Waals surface area contributed by atoms with Gasteiger partial charge in [0.05, 0.1) is 0 Å². The van der Waals surface area contributed by atoms with Crippen molar-refractivity contribution in [2.75, 3.05) is 25.0 Å². The van der Waals surface area contributed by atoms with Crippen LogP contribution in [-0.2, 0) is 11.2 Å². The van der Waals surface area contributed by atoms with Crippen LogP contribution in [0.5, 0.6) is 0 Å². The molecule has 0 spiro atoms. The maximum absolute atomic E-state index is 11.6. The van der Waals surface area contributed by atoms with Gasteiger partial charge in [0, 0.05) is 32.3 Å². The zero-order valence-corrected chi connectivity index (χ0v) is 11.0. The number of hydrogen-bond acceptors (Lipinski definition) is 3. The average Bonchev–Trinajstić information content (AvgIpc) is 2.42. The van der Waals surface area contributed by atoms with Crippen molar-refractivity contribution in [2.24, 2.45) is 0 Å². The third-order valence-electron chi connectivity index (χ3n) is 3.34. The van der Waals surface area contributed by atoms with Crippen molar-refractivity contribution in [2.45, 2.75) is 32.6 Å². The molecule has 2 heterocycles. The number of piperidine rings is 1. The Labute approximate surface area is 108 Å². The zero-order valence-electron chi connectivity index (χ0n) is 11.0. The Bertz CT molecular complexity index is 389. The Balaban J connectivity index is 1.75. The Morgan fingerprint density at radius 1 is 1.39 bits per heavy atom. The van der Waals surface area contributed by atoms with Gasteiger partial charge >= 0.3 is 0 Å². The Kier molecular flexibility index (Phi) is 4.56. The number of anilines is 1. The zero-order chi connectivity index (χ0) is 12.8. The molecule has 1 saturated heterocycles. The van der Waals surface area contributed by atoms with Crippen molar-refractivity contribution in [1.82, 2.24) is 9.88 Å². The van der Waals surface area contributed by atoms with Gasteiger partial charge in [-0.25, -0.2) is 4.98 Å². The number of aromatic nitrogens is 1. The second kappa shape index (κ2) is 6.38. The lowest BCUT2D eigenvalue weighted by atomic mass is 10.1. The lowest BCUT2D eigenvalue weighted by Gasteiger charge is -2.26. The van der Waals surface area contributed by atoms with E-state index in [1.54, 1.807) is 0 Å². The number of pyridine rings is 1. The van der Waals surface area contributed by atoms with Crippen LogP contribution in [0.15, 0.2) is 18.3 Å². The summed E-state index contributed by atoms with van der Waals surface area (Å²) >= 11 is 0. The number of likely N-dealkylation sites (tertiary alicyclic amines) is 1. The third-order valence-corrected chi connectivity index (χ3v) is 3.34. The lowest BCUT2D eigenvalue weighted by molar-refractivity contribution is -0.133. The van der Waals surface area contributed by atoms with Crippen LogP contribution in [0.4, 0.5) is 5.82 Å². The van der Waals surface area contributed by atoms with Crippen LogP contribution in [0.1, 0.15) is 31.7 Å². The highest BCUT2D eigenvalue weighted by Crippen LogP contribution is 2.10. The number of carbonyl (C=O) groups is 1. The molecule has 1 aliphatic rings. The van der Waals surface area contributed by atoms with Crippen molar-refractivity contribution in [1.29, 1.82) is 0 Å². The van der Waals surface area contributed by atoms with Crippen molar-refractivity contribution in [3.63, 3.8) is 0 Å². The average molecular weight is 247 g/mol. The highest BCUT2D eigenvalue weighted by Gasteiger charge is 2.16. The van der Waals surface area contributed by atoms with Gasteiger partial charge < -0.3 is 10.2 Å². The predicted octanol–water partition coefficient (Wildman–Crippen LogP) is 2.07. The van der Waals surface area contributed by atoms with Crippen LogP contribution < -0.4 is 5.32 Å². The normalized spacial score (nSPS) is 15.8. The first kappa shape index (κ1) is 12.9. The fraction of sp³-hybridized carbons (Fsp3) is 0.571. The predicted molar refractivity (Wildman–Crippen MR) is 72.5 cm³/mol. The van der Waals surface area contributed by atoms with Crippen molar-refractivity contribution in [3.05, 3.63) is 23.9 Å². The monoisotopic (exact) mass is 247 g/mol. The van der Waals surface area contributed by atoms with Crippen molar-refractivity contribution >= 4 is 11.7 Å². The highest BCUT2D eigenvalue weighted by atomic mass is 16.2. The molecule has 0 aromatic carbocycles. The van der Waals surface area contributed by atoms with Gasteiger partial charge in [-0.1, -0.05) is 13.0 Å². The number of nitrogens with one attached hydrogen (secondary N) is 1. The Morgan fingerprint density at radius 2 is 2.28 bits per heavy atom. The summed E-state index contributed by atoms with van der Waals surface area (Å²) in [4.78, 5) is 17.9. The maximum Gasteiger partial charge on any atom is 0.222 e. The molecule has 0 atom stereocenters. The summed E-state index contributed by atoms with van der Waals surface area (Å²) in [6.45, 7) is 4.56. The maximum atomic E-state index is 11.6. The summed E-state index contributed by atoms with van der Waals surface area (Å²) in [7, 11) is 0.